The zero-order valence-electron chi connectivity index (χ0n) is 33.8. The van der Waals surface area contributed by atoms with Gasteiger partial charge in [-0.2, -0.15) is 0 Å². The molecule has 0 fully saturated rings. The van der Waals surface area contributed by atoms with Crippen molar-refractivity contribution in [2.75, 3.05) is 20.1 Å². The number of carboxylic acids is 1. The molecule has 1 aromatic heterocycles. The van der Waals surface area contributed by atoms with Crippen molar-refractivity contribution < 1.29 is 39.0 Å². The van der Waals surface area contributed by atoms with E-state index >= 15 is 0 Å². The van der Waals surface area contributed by atoms with Crippen LogP contribution in [-0.4, -0.2) is 111 Å². The highest BCUT2D eigenvalue weighted by atomic mass is 16.4. The van der Waals surface area contributed by atoms with Gasteiger partial charge in [0.05, 0.1) is 18.6 Å². The fourth-order valence-electron chi connectivity index (χ4n) is 6.44. The van der Waals surface area contributed by atoms with Crippen LogP contribution in [-0.2, 0) is 32.0 Å². The van der Waals surface area contributed by atoms with Crippen LogP contribution in [0.1, 0.15) is 92.4 Å². The number of carboxylic acid groups (broad SMARTS) is 1. The highest BCUT2D eigenvalue weighted by Crippen LogP contribution is 2.14. The van der Waals surface area contributed by atoms with E-state index in [-0.39, 0.29) is 42.5 Å². The molecule has 3 aromatic rings. The molecule has 0 unspecified atom stereocenters. The number of aliphatic hydroxyl groups is 1. The van der Waals surface area contributed by atoms with Crippen LogP contribution in [0.25, 0.3) is 0 Å². The van der Waals surface area contributed by atoms with Crippen LogP contribution < -0.4 is 16.0 Å². The SMILES string of the molecule is CCCN(CCC)C(=O)c1cccc(C(=O)N[C@@H](Cc2ccccc2)[C@@H](O)CC(=O)N[C@@H](CC(C)C)C(=O)N[C@@H](C)C(=O)N(C)[C@@H](Cc2ccccc2)C(=O)O)n1. The second kappa shape index (κ2) is 22.8. The lowest BCUT2D eigenvalue weighted by Crippen LogP contribution is -2.56. The van der Waals surface area contributed by atoms with E-state index in [0.717, 1.165) is 28.9 Å². The van der Waals surface area contributed by atoms with E-state index in [1.807, 2.05) is 58.0 Å². The zero-order valence-corrected chi connectivity index (χ0v) is 33.8. The summed E-state index contributed by atoms with van der Waals surface area (Å²) in [5, 5.41) is 29.4. The van der Waals surface area contributed by atoms with Crippen molar-refractivity contribution in [2.24, 2.45) is 5.92 Å². The van der Waals surface area contributed by atoms with Gasteiger partial charge in [-0.15, -0.1) is 0 Å². The first-order valence-corrected chi connectivity index (χ1v) is 19.6. The first-order valence-electron chi connectivity index (χ1n) is 19.6. The van der Waals surface area contributed by atoms with Crippen LogP contribution in [0.4, 0.5) is 0 Å². The smallest absolute Gasteiger partial charge is 0.326 e. The van der Waals surface area contributed by atoms with Crippen LogP contribution in [0, 0.1) is 5.92 Å². The van der Waals surface area contributed by atoms with Crippen molar-refractivity contribution in [1.29, 1.82) is 0 Å². The fraction of sp³-hybridized carbons (Fsp3) is 0.465. The molecule has 14 nitrogen and oxygen atoms in total. The topological polar surface area (TPSA) is 198 Å². The molecule has 57 heavy (non-hydrogen) atoms. The number of pyridine rings is 1. The first kappa shape index (κ1) is 45.8. The van der Waals surface area contributed by atoms with Gasteiger partial charge in [0.15, 0.2) is 0 Å². The van der Waals surface area contributed by atoms with Crippen molar-refractivity contribution >= 4 is 35.5 Å². The number of aliphatic hydroxyl groups excluding tert-OH is 1. The second-order valence-corrected chi connectivity index (χ2v) is 14.7. The lowest BCUT2D eigenvalue weighted by Gasteiger charge is -2.29. The molecule has 3 rings (SSSR count). The molecule has 308 valence electrons. The number of nitrogens with zero attached hydrogens (tertiary/aromatic N) is 3. The van der Waals surface area contributed by atoms with Crippen molar-refractivity contribution in [2.45, 2.75) is 103 Å². The first-order chi connectivity index (χ1) is 27.1. The van der Waals surface area contributed by atoms with Gasteiger partial charge in [0.25, 0.3) is 11.8 Å². The summed E-state index contributed by atoms with van der Waals surface area (Å²) in [5.74, 6) is -4.13. The van der Waals surface area contributed by atoms with Crippen LogP contribution in [0.2, 0.25) is 0 Å². The van der Waals surface area contributed by atoms with Gasteiger partial charge in [-0.3, -0.25) is 24.0 Å². The molecule has 0 aliphatic heterocycles. The molecule has 5 N–H and O–H groups in total. The number of carbonyl (C=O) groups excluding carboxylic acids is 5. The normalized spacial score (nSPS) is 13.7. The number of hydrogen-bond acceptors (Lipinski definition) is 8. The highest BCUT2D eigenvalue weighted by Gasteiger charge is 2.33. The molecular formula is C43H58N6O8. The summed E-state index contributed by atoms with van der Waals surface area (Å²) in [6, 6.07) is 18.2. The number of aliphatic carboxylic acids is 1. The Morgan fingerprint density at radius 2 is 1.30 bits per heavy atom. The monoisotopic (exact) mass is 786 g/mol. The van der Waals surface area contributed by atoms with Gasteiger partial charge in [-0.05, 0) is 61.8 Å². The van der Waals surface area contributed by atoms with Crippen molar-refractivity contribution in [3.8, 4) is 0 Å². The summed E-state index contributed by atoms with van der Waals surface area (Å²) in [5.41, 5.74) is 1.60. The molecule has 14 heteroatoms. The number of amides is 5. The molecule has 2 aromatic carbocycles. The van der Waals surface area contributed by atoms with Gasteiger partial charge in [-0.25, -0.2) is 9.78 Å². The van der Waals surface area contributed by atoms with E-state index in [4.69, 9.17) is 0 Å². The minimum absolute atomic E-state index is 0.0266. The van der Waals surface area contributed by atoms with Gasteiger partial charge in [-0.1, -0.05) is 94.4 Å². The summed E-state index contributed by atoms with van der Waals surface area (Å²) >= 11 is 0. The Hall–Kier alpha value is -5.63. The van der Waals surface area contributed by atoms with Crippen molar-refractivity contribution in [3.05, 3.63) is 101 Å². The Bertz CT molecular complexity index is 1780. The van der Waals surface area contributed by atoms with E-state index in [1.54, 1.807) is 47.4 Å². The maximum Gasteiger partial charge on any atom is 0.326 e. The number of carbonyl (C=O) groups is 6. The summed E-state index contributed by atoms with van der Waals surface area (Å²) in [7, 11) is 1.37. The molecule has 0 bridgehead atoms. The Morgan fingerprint density at radius 1 is 0.737 bits per heavy atom. The number of hydrogen-bond donors (Lipinski definition) is 5. The van der Waals surface area contributed by atoms with Crippen LogP contribution in [0.15, 0.2) is 78.9 Å². The van der Waals surface area contributed by atoms with Gasteiger partial charge in [0.1, 0.15) is 29.5 Å². The quantitative estimate of drug-likeness (QED) is 0.101. The maximum atomic E-state index is 13.6. The predicted molar refractivity (Wildman–Crippen MR) is 216 cm³/mol. The fourth-order valence-corrected chi connectivity index (χ4v) is 6.44. The van der Waals surface area contributed by atoms with Gasteiger partial charge in [0.2, 0.25) is 17.7 Å². The van der Waals surface area contributed by atoms with E-state index in [1.165, 1.54) is 20.0 Å². The molecule has 0 saturated heterocycles. The third-order valence-corrected chi connectivity index (χ3v) is 9.41. The summed E-state index contributed by atoms with van der Waals surface area (Å²) in [6.45, 7) is 10.2. The Kier molecular flexibility index (Phi) is 18.3. The summed E-state index contributed by atoms with van der Waals surface area (Å²) in [4.78, 5) is 86.4. The Morgan fingerprint density at radius 3 is 1.84 bits per heavy atom. The third-order valence-electron chi connectivity index (χ3n) is 9.41. The lowest BCUT2D eigenvalue weighted by atomic mass is 9.98. The van der Waals surface area contributed by atoms with Gasteiger partial charge >= 0.3 is 5.97 Å². The van der Waals surface area contributed by atoms with E-state index in [9.17, 15) is 39.0 Å². The number of benzene rings is 2. The van der Waals surface area contributed by atoms with Crippen LogP contribution in [0.5, 0.6) is 0 Å². The molecule has 0 aliphatic rings. The molecule has 0 spiro atoms. The zero-order chi connectivity index (χ0) is 42.1. The van der Waals surface area contributed by atoms with Gasteiger partial charge < -0.3 is 36.0 Å². The number of likely N-dealkylation sites (N-methyl/N-ethyl adjacent to an activating group) is 1. The van der Waals surface area contributed by atoms with Crippen LogP contribution in [0.3, 0.4) is 0 Å². The van der Waals surface area contributed by atoms with Crippen molar-refractivity contribution in [1.82, 2.24) is 30.7 Å². The Labute approximate surface area is 335 Å². The number of rotatable bonds is 22. The molecule has 5 atom stereocenters. The minimum Gasteiger partial charge on any atom is -0.480 e. The summed E-state index contributed by atoms with van der Waals surface area (Å²) in [6.07, 6.45) is 0.0766. The molecule has 1 heterocycles. The molecule has 0 radical (unpaired) electrons. The number of aromatic nitrogens is 1. The lowest BCUT2D eigenvalue weighted by molar-refractivity contribution is -0.150. The largest absolute Gasteiger partial charge is 0.480 e. The van der Waals surface area contributed by atoms with E-state index in [0.29, 0.717) is 13.1 Å². The average molecular weight is 787 g/mol. The summed E-state index contributed by atoms with van der Waals surface area (Å²) < 4.78 is 0. The van der Waals surface area contributed by atoms with Crippen LogP contribution >= 0.6 is 0 Å². The minimum atomic E-state index is -1.40. The maximum absolute atomic E-state index is 13.6. The van der Waals surface area contributed by atoms with E-state index in [2.05, 4.69) is 20.9 Å². The standard InChI is InChI=1S/C43H58N6O8/c1-7-22-49(23-8-2)42(55)33-21-15-20-32(45-33)39(52)47-34(25-30-16-11-9-12-17-30)37(50)27-38(51)46-35(24-28(3)4)40(53)44-29(5)41(54)48(6)36(43(56)57)26-31-18-13-10-14-19-31/h9-21,28-29,34-37,50H,7-8,22-27H2,1-6H3,(H,44,53)(H,46,51)(H,47,52)(H,56,57)/t29-,34-,35-,36-,37-/m0/s1. The van der Waals surface area contributed by atoms with E-state index < -0.39 is 66.3 Å². The third kappa shape index (κ3) is 14.4. The molecule has 0 saturated carbocycles. The number of nitrogens with one attached hydrogen (secondary N) is 3. The second-order valence-electron chi connectivity index (χ2n) is 14.7. The molecular weight excluding hydrogens is 729 g/mol. The van der Waals surface area contributed by atoms with Crippen molar-refractivity contribution in [3.63, 3.8) is 0 Å². The Balaban J connectivity index is 1.73. The van der Waals surface area contributed by atoms with Gasteiger partial charge in [0, 0.05) is 26.6 Å². The molecule has 0 aliphatic carbocycles. The molecule has 5 amide bonds. The predicted octanol–water partition coefficient (Wildman–Crippen LogP) is 3.63. The highest BCUT2D eigenvalue weighted by molar-refractivity contribution is 5.97. The average Bonchev–Trinajstić information content (AvgIpc) is 3.18.